The second-order valence-electron chi connectivity index (χ2n) is 6.50. The first kappa shape index (κ1) is 18.7. The smallest absolute Gasteiger partial charge is 0.326 e. The summed E-state index contributed by atoms with van der Waals surface area (Å²) in [6.07, 6.45) is 1.09. The predicted molar refractivity (Wildman–Crippen MR) is 76.3 cm³/mol. The maximum absolute atomic E-state index is 11.7. The fraction of sp³-hybridized carbons (Fsp3) is 0.833. The van der Waals surface area contributed by atoms with Crippen LogP contribution in [0.2, 0.25) is 0 Å². The number of carboxylic acid groups (broad SMARTS) is 1. The van der Waals surface area contributed by atoms with Crippen LogP contribution in [0.1, 0.15) is 34.6 Å². The third kappa shape index (κ3) is 5.36. The maximum atomic E-state index is 11.7. The second-order valence-corrected chi connectivity index (χ2v) is 9.15. The van der Waals surface area contributed by atoms with Gasteiger partial charge in [0.25, 0.3) is 0 Å². The molecule has 7 nitrogen and oxygen atoms in total. The van der Waals surface area contributed by atoms with Crippen LogP contribution in [0.4, 0.5) is 4.79 Å². The molecule has 0 aliphatic carbocycles. The first-order chi connectivity index (χ1) is 8.68. The van der Waals surface area contributed by atoms with Gasteiger partial charge in [-0.05, 0) is 19.3 Å². The monoisotopic (exact) mass is 308 g/mol. The predicted octanol–water partition coefficient (Wildman–Crippen LogP) is 0.608. The van der Waals surface area contributed by atoms with Crippen molar-refractivity contribution in [2.45, 2.75) is 45.4 Å². The molecule has 1 atom stereocenters. The van der Waals surface area contributed by atoms with Crippen LogP contribution in [0.3, 0.4) is 0 Å². The molecule has 0 saturated heterocycles. The van der Waals surface area contributed by atoms with E-state index in [1.165, 1.54) is 13.8 Å². The van der Waals surface area contributed by atoms with Gasteiger partial charge in [-0.3, -0.25) is 0 Å². The molecule has 3 N–H and O–H groups in total. The van der Waals surface area contributed by atoms with E-state index in [4.69, 9.17) is 5.11 Å². The van der Waals surface area contributed by atoms with E-state index in [-0.39, 0.29) is 6.54 Å². The molecule has 8 heteroatoms. The molecule has 0 aliphatic rings. The molecular formula is C12H24N2O5S. The van der Waals surface area contributed by atoms with Gasteiger partial charge in [0, 0.05) is 12.8 Å². The van der Waals surface area contributed by atoms with Gasteiger partial charge in [-0.1, -0.05) is 20.8 Å². The van der Waals surface area contributed by atoms with Crippen LogP contribution in [0, 0.1) is 5.41 Å². The number of hydrogen-bond donors (Lipinski definition) is 3. The van der Waals surface area contributed by atoms with Crippen LogP contribution < -0.4 is 10.6 Å². The van der Waals surface area contributed by atoms with Gasteiger partial charge in [-0.2, -0.15) is 0 Å². The highest BCUT2D eigenvalue weighted by atomic mass is 32.2. The topological polar surface area (TPSA) is 113 Å². The Morgan fingerprint density at radius 1 is 1.15 bits per heavy atom. The average Bonchev–Trinajstić information content (AvgIpc) is 2.19. The average molecular weight is 308 g/mol. The van der Waals surface area contributed by atoms with Crippen molar-refractivity contribution in [2.24, 2.45) is 5.41 Å². The number of sulfone groups is 1. The number of rotatable bonds is 5. The number of amides is 2. The first-order valence-electron chi connectivity index (χ1n) is 6.15. The third-order valence-electron chi connectivity index (χ3n) is 3.07. The van der Waals surface area contributed by atoms with Crippen molar-refractivity contribution in [1.29, 1.82) is 0 Å². The zero-order valence-corrected chi connectivity index (χ0v) is 13.6. The highest BCUT2D eigenvalue weighted by Crippen LogP contribution is 2.19. The molecule has 0 bridgehead atoms. The molecule has 0 unspecified atom stereocenters. The molecule has 118 valence electrons. The van der Waals surface area contributed by atoms with Gasteiger partial charge in [-0.15, -0.1) is 0 Å². The molecule has 0 aromatic heterocycles. The Labute approximate surface area is 120 Å². The van der Waals surface area contributed by atoms with E-state index in [1.807, 2.05) is 0 Å². The summed E-state index contributed by atoms with van der Waals surface area (Å²) in [6.45, 7) is 7.93. The van der Waals surface area contributed by atoms with Gasteiger partial charge >= 0.3 is 12.0 Å². The van der Waals surface area contributed by atoms with Gasteiger partial charge < -0.3 is 15.7 Å². The number of hydrogen-bond acceptors (Lipinski definition) is 4. The van der Waals surface area contributed by atoms with Gasteiger partial charge in [0.05, 0.1) is 4.75 Å². The van der Waals surface area contributed by atoms with Crippen molar-refractivity contribution >= 4 is 21.8 Å². The minimum absolute atomic E-state index is 0.103. The zero-order valence-electron chi connectivity index (χ0n) is 12.8. The molecule has 0 saturated carbocycles. The molecule has 0 fully saturated rings. The fourth-order valence-corrected chi connectivity index (χ4v) is 1.59. The molecule has 0 aliphatic heterocycles. The first-order valence-corrected chi connectivity index (χ1v) is 8.04. The van der Waals surface area contributed by atoms with Crippen molar-refractivity contribution in [3.63, 3.8) is 0 Å². The lowest BCUT2D eigenvalue weighted by Gasteiger charge is -2.29. The van der Waals surface area contributed by atoms with Gasteiger partial charge in [-0.25, -0.2) is 18.0 Å². The summed E-state index contributed by atoms with van der Waals surface area (Å²) in [6, 6.07) is -1.77. The summed E-state index contributed by atoms with van der Waals surface area (Å²) in [5, 5.41) is 13.8. The lowest BCUT2D eigenvalue weighted by molar-refractivity contribution is -0.141. The molecule has 0 aromatic rings. The Bertz CT molecular complexity index is 477. The summed E-state index contributed by atoms with van der Waals surface area (Å²) in [5.74, 6) is -1.14. The van der Waals surface area contributed by atoms with E-state index in [0.29, 0.717) is 0 Å². The Balaban J connectivity index is 4.70. The summed E-state index contributed by atoms with van der Waals surface area (Å²) in [7, 11) is -3.33. The highest BCUT2D eigenvalue weighted by molar-refractivity contribution is 7.92. The number of urea groups is 1. The van der Waals surface area contributed by atoms with Crippen molar-refractivity contribution in [3.8, 4) is 0 Å². The summed E-state index contributed by atoms with van der Waals surface area (Å²) < 4.78 is 21.9. The Hall–Kier alpha value is -1.31. The lowest BCUT2D eigenvalue weighted by atomic mass is 9.87. The largest absolute Gasteiger partial charge is 0.480 e. The number of nitrogens with one attached hydrogen (secondary N) is 2. The van der Waals surface area contributed by atoms with E-state index in [9.17, 15) is 18.0 Å². The van der Waals surface area contributed by atoms with E-state index in [1.54, 1.807) is 20.8 Å². The minimum Gasteiger partial charge on any atom is -0.480 e. The molecule has 2 amide bonds. The minimum atomic E-state index is -3.33. The Morgan fingerprint density at radius 2 is 1.60 bits per heavy atom. The molecule has 20 heavy (non-hydrogen) atoms. The normalized spacial score (nSPS) is 14.5. The molecule has 0 radical (unpaired) electrons. The third-order valence-corrected chi connectivity index (χ3v) is 5.22. The molecule has 0 heterocycles. The SMILES string of the molecule is CC(C)(C)[C@@H](NC(=O)NCC(C)(C)S(C)(=O)=O)C(=O)O. The van der Waals surface area contributed by atoms with E-state index in [0.717, 1.165) is 6.26 Å². The Kier molecular flexibility index (Phi) is 5.59. The van der Waals surface area contributed by atoms with Crippen molar-refractivity contribution in [3.05, 3.63) is 0 Å². The number of carboxylic acids is 1. The summed E-state index contributed by atoms with van der Waals surface area (Å²) >= 11 is 0. The Morgan fingerprint density at radius 3 is 1.90 bits per heavy atom. The van der Waals surface area contributed by atoms with Crippen molar-refractivity contribution < 1.29 is 23.1 Å². The summed E-state index contributed by atoms with van der Waals surface area (Å²) in [5.41, 5.74) is -0.657. The fourth-order valence-electron chi connectivity index (χ4n) is 1.26. The maximum Gasteiger partial charge on any atom is 0.326 e. The van der Waals surface area contributed by atoms with E-state index < -0.39 is 38.0 Å². The van der Waals surface area contributed by atoms with Crippen LogP contribution in [-0.2, 0) is 14.6 Å². The van der Waals surface area contributed by atoms with Crippen LogP contribution in [0.15, 0.2) is 0 Å². The van der Waals surface area contributed by atoms with E-state index in [2.05, 4.69) is 10.6 Å². The lowest BCUT2D eigenvalue weighted by Crippen LogP contribution is -2.54. The van der Waals surface area contributed by atoms with Gasteiger partial charge in [0.1, 0.15) is 6.04 Å². The highest BCUT2D eigenvalue weighted by Gasteiger charge is 2.34. The van der Waals surface area contributed by atoms with E-state index >= 15 is 0 Å². The van der Waals surface area contributed by atoms with Crippen molar-refractivity contribution in [2.75, 3.05) is 12.8 Å². The quantitative estimate of drug-likeness (QED) is 0.688. The summed E-state index contributed by atoms with van der Waals surface area (Å²) in [4.78, 5) is 22.8. The molecule has 0 rings (SSSR count). The molecule has 0 aromatic carbocycles. The molecule has 0 spiro atoms. The van der Waals surface area contributed by atoms with Gasteiger partial charge in [0.15, 0.2) is 9.84 Å². The standard InChI is InChI=1S/C12H24N2O5S/c1-11(2,3)8(9(15)16)14-10(17)13-7-12(4,5)20(6,18)19/h8H,7H2,1-6H3,(H,15,16)(H2,13,14,17)/t8-/m0/s1. The van der Waals surface area contributed by atoms with Crippen LogP contribution in [0.5, 0.6) is 0 Å². The molecular weight excluding hydrogens is 284 g/mol. The van der Waals surface area contributed by atoms with Crippen LogP contribution >= 0.6 is 0 Å². The number of carbonyl (C=O) groups is 2. The van der Waals surface area contributed by atoms with Crippen LogP contribution in [0.25, 0.3) is 0 Å². The number of carbonyl (C=O) groups excluding carboxylic acids is 1. The number of aliphatic carboxylic acids is 1. The zero-order chi connectivity index (χ0) is 16.4. The van der Waals surface area contributed by atoms with Gasteiger partial charge in [0.2, 0.25) is 0 Å². The second kappa shape index (κ2) is 5.99. The van der Waals surface area contributed by atoms with Crippen LogP contribution in [-0.4, -0.2) is 49.1 Å². The van der Waals surface area contributed by atoms with Crippen molar-refractivity contribution in [1.82, 2.24) is 10.6 Å².